The van der Waals surface area contributed by atoms with Crippen LogP contribution in [-0.4, -0.2) is 30.0 Å². The maximum atomic E-state index is 5.87. The molecule has 0 bridgehead atoms. The van der Waals surface area contributed by atoms with Gasteiger partial charge in [0.25, 0.3) is 0 Å². The number of hydrogen-bond acceptors (Lipinski definition) is 1. The molecule has 0 aromatic rings. The Balaban J connectivity index is 2.48. The number of hydrogen-bond donors (Lipinski definition) is 1. The predicted molar refractivity (Wildman–Crippen MR) is 56.8 cm³/mol. The van der Waals surface area contributed by atoms with Crippen molar-refractivity contribution in [1.82, 2.24) is 4.90 Å². The fraction of sp³-hybridized carbons (Fsp3) is 0.900. The Kier molecular flexibility index (Phi) is 3.58. The molecule has 3 nitrogen and oxygen atoms in total. The van der Waals surface area contributed by atoms with Crippen molar-refractivity contribution in [2.24, 2.45) is 10.7 Å². The quantitative estimate of drug-likeness (QED) is 0.521. The van der Waals surface area contributed by atoms with Gasteiger partial charge in [-0.3, -0.25) is 0 Å². The Morgan fingerprint density at radius 1 is 1.38 bits per heavy atom. The molecule has 1 fully saturated rings. The first-order valence-corrected chi connectivity index (χ1v) is 5.17. The van der Waals surface area contributed by atoms with Crippen molar-refractivity contribution in [2.75, 3.05) is 7.05 Å². The lowest BCUT2D eigenvalue weighted by molar-refractivity contribution is 0.409. The number of guanidine groups is 1. The molecule has 0 aliphatic heterocycles. The standard InChI is InChI=1S/C10H21N3/c1-8(2)13(3)10(11)12-9-6-4-5-7-9/h8-9H,4-7H2,1-3H3,(H2,11,12). The molecule has 0 aromatic heterocycles. The Labute approximate surface area is 81.0 Å². The van der Waals surface area contributed by atoms with Gasteiger partial charge >= 0.3 is 0 Å². The van der Waals surface area contributed by atoms with Crippen molar-refractivity contribution in [3.05, 3.63) is 0 Å². The fourth-order valence-electron chi connectivity index (χ4n) is 1.58. The van der Waals surface area contributed by atoms with Gasteiger partial charge in [-0.15, -0.1) is 0 Å². The number of aliphatic imine (C=N–C) groups is 1. The average molecular weight is 183 g/mol. The minimum atomic E-state index is 0.435. The predicted octanol–water partition coefficient (Wildman–Crippen LogP) is 1.58. The normalized spacial score (nSPS) is 19.8. The third-order valence-corrected chi connectivity index (χ3v) is 2.78. The van der Waals surface area contributed by atoms with Crippen molar-refractivity contribution >= 4 is 5.96 Å². The van der Waals surface area contributed by atoms with Gasteiger partial charge in [-0.25, -0.2) is 4.99 Å². The van der Waals surface area contributed by atoms with E-state index < -0.39 is 0 Å². The van der Waals surface area contributed by atoms with Crippen molar-refractivity contribution in [3.8, 4) is 0 Å². The molecule has 0 radical (unpaired) electrons. The molecule has 2 N–H and O–H groups in total. The third kappa shape index (κ3) is 2.90. The van der Waals surface area contributed by atoms with Crippen LogP contribution in [0.4, 0.5) is 0 Å². The summed E-state index contributed by atoms with van der Waals surface area (Å²) in [5.41, 5.74) is 5.87. The van der Waals surface area contributed by atoms with E-state index in [4.69, 9.17) is 5.73 Å². The van der Waals surface area contributed by atoms with Crippen molar-refractivity contribution < 1.29 is 0 Å². The van der Waals surface area contributed by atoms with Gasteiger partial charge in [0, 0.05) is 13.1 Å². The molecular weight excluding hydrogens is 162 g/mol. The lowest BCUT2D eigenvalue weighted by Gasteiger charge is -2.23. The number of nitrogens with two attached hydrogens (primary N) is 1. The zero-order valence-electron chi connectivity index (χ0n) is 8.95. The van der Waals surface area contributed by atoms with Crippen LogP contribution < -0.4 is 5.73 Å². The molecule has 0 saturated heterocycles. The van der Waals surface area contributed by atoms with Gasteiger partial charge < -0.3 is 10.6 Å². The molecule has 0 spiro atoms. The third-order valence-electron chi connectivity index (χ3n) is 2.78. The van der Waals surface area contributed by atoms with Gasteiger partial charge in [-0.1, -0.05) is 12.8 Å². The lowest BCUT2D eigenvalue weighted by Crippen LogP contribution is -2.39. The molecule has 0 unspecified atom stereocenters. The molecule has 76 valence electrons. The zero-order chi connectivity index (χ0) is 9.84. The first-order valence-electron chi connectivity index (χ1n) is 5.17. The molecule has 1 aliphatic carbocycles. The van der Waals surface area contributed by atoms with Gasteiger partial charge in [0.2, 0.25) is 0 Å². The molecule has 1 rings (SSSR count). The Bertz CT molecular complexity index is 181. The molecule has 13 heavy (non-hydrogen) atoms. The van der Waals surface area contributed by atoms with Crippen LogP contribution in [-0.2, 0) is 0 Å². The van der Waals surface area contributed by atoms with Crippen LogP contribution in [0.1, 0.15) is 39.5 Å². The summed E-state index contributed by atoms with van der Waals surface area (Å²) >= 11 is 0. The minimum Gasteiger partial charge on any atom is -0.370 e. The van der Waals surface area contributed by atoms with E-state index in [1.54, 1.807) is 0 Å². The minimum absolute atomic E-state index is 0.435. The molecule has 0 atom stereocenters. The molecule has 1 saturated carbocycles. The summed E-state index contributed by atoms with van der Waals surface area (Å²) in [7, 11) is 2.00. The van der Waals surface area contributed by atoms with E-state index in [1.165, 1.54) is 25.7 Å². The summed E-state index contributed by atoms with van der Waals surface area (Å²) in [6.07, 6.45) is 5.05. The number of nitrogens with zero attached hydrogens (tertiary/aromatic N) is 2. The molecule has 0 amide bonds. The van der Waals surface area contributed by atoms with E-state index in [0.717, 1.165) is 0 Å². The van der Waals surface area contributed by atoms with Crippen LogP contribution in [0.5, 0.6) is 0 Å². The van der Waals surface area contributed by atoms with E-state index in [2.05, 4.69) is 18.8 Å². The second-order valence-corrected chi connectivity index (χ2v) is 4.13. The summed E-state index contributed by atoms with van der Waals surface area (Å²) in [6, 6.07) is 0.923. The second-order valence-electron chi connectivity index (χ2n) is 4.13. The topological polar surface area (TPSA) is 41.6 Å². The zero-order valence-corrected chi connectivity index (χ0v) is 8.95. The van der Waals surface area contributed by atoms with Crippen LogP contribution in [0.25, 0.3) is 0 Å². The van der Waals surface area contributed by atoms with E-state index in [1.807, 2.05) is 11.9 Å². The summed E-state index contributed by atoms with van der Waals surface area (Å²) in [4.78, 5) is 6.54. The van der Waals surface area contributed by atoms with E-state index in [-0.39, 0.29) is 0 Å². The molecular formula is C10H21N3. The summed E-state index contributed by atoms with van der Waals surface area (Å²) in [5.74, 6) is 0.696. The average Bonchev–Trinajstić information content (AvgIpc) is 2.55. The van der Waals surface area contributed by atoms with Crippen LogP contribution in [0.2, 0.25) is 0 Å². The maximum Gasteiger partial charge on any atom is 0.191 e. The van der Waals surface area contributed by atoms with E-state index in [0.29, 0.717) is 18.0 Å². The van der Waals surface area contributed by atoms with Crippen LogP contribution in [0.3, 0.4) is 0 Å². The van der Waals surface area contributed by atoms with Crippen molar-refractivity contribution in [3.63, 3.8) is 0 Å². The van der Waals surface area contributed by atoms with Crippen LogP contribution in [0, 0.1) is 0 Å². The summed E-state index contributed by atoms with van der Waals surface area (Å²) < 4.78 is 0. The first kappa shape index (κ1) is 10.4. The van der Waals surface area contributed by atoms with Crippen LogP contribution >= 0.6 is 0 Å². The highest BCUT2D eigenvalue weighted by atomic mass is 15.2. The van der Waals surface area contributed by atoms with Gasteiger partial charge in [-0.05, 0) is 26.7 Å². The Morgan fingerprint density at radius 3 is 2.38 bits per heavy atom. The Hall–Kier alpha value is -0.730. The highest BCUT2D eigenvalue weighted by molar-refractivity contribution is 5.78. The monoisotopic (exact) mass is 183 g/mol. The summed E-state index contributed by atoms with van der Waals surface area (Å²) in [5, 5.41) is 0. The highest BCUT2D eigenvalue weighted by Gasteiger charge is 2.15. The largest absolute Gasteiger partial charge is 0.370 e. The van der Waals surface area contributed by atoms with Gasteiger partial charge in [-0.2, -0.15) is 0 Å². The highest BCUT2D eigenvalue weighted by Crippen LogP contribution is 2.20. The maximum absolute atomic E-state index is 5.87. The number of rotatable bonds is 2. The molecule has 1 aliphatic rings. The van der Waals surface area contributed by atoms with E-state index >= 15 is 0 Å². The smallest absolute Gasteiger partial charge is 0.191 e. The van der Waals surface area contributed by atoms with Gasteiger partial charge in [0.05, 0.1) is 6.04 Å². The molecule has 0 aromatic carbocycles. The summed E-state index contributed by atoms with van der Waals surface area (Å²) in [6.45, 7) is 4.24. The SMILES string of the molecule is CC(C)N(C)C(N)=NC1CCCC1. The van der Waals surface area contributed by atoms with Gasteiger partial charge in [0.1, 0.15) is 0 Å². The fourth-order valence-corrected chi connectivity index (χ4v) is 1.58. The van der Waals surface area contributed by atoms with Gasteiger partial charge in [0.15, 0.2) is 5.96 Å². The Morgan fingerprint density at radius 2 is 1.92 bits per heavy atom. The molecule has 3 heteroatoms. The van der Waals surface area contributed by atoms with Crippen LogP contribution in [0.15, 0.2) is 4.99 Å². The lowest BCUT2D eigenvalue weighted by atomic mass is 10.3. The first-order chi connectivity index (χ1) is 6.11. The van der Waals surface area contributed by atoms with Crippen molar-refractivity contribution in [1.29, 1.82) is 0 Å². The van der Waals surface area contributed by atoms with E-state index in [9.17, 15) is 0 Å². The second kappa shape index (κ2) is 4.49. The molecule has 0 heterocycles. The van der Waals surface area contributed by atoms with Crippen molar-refractivity contribution in [2.45, 2.75) is 51.6 Å².